The van der Waals surface area contributed by atoms with Crippen LogP contribution in [-0.2, 0) is 8.85 Å². The van der Waals surface area contributed by atoms with Crippen LogP contribution in [0.4, 0.5) is 0 Å². The van der Waals surface area contributed by atoms with Crippen LogP contribution in [0, 0.1) is 6.92 Å². The highest BCUT2D eigenvalue weighted by Gasteiger charge is 2.34. The Kier molecular flexibility index (Phi) is 7.61. The standard InChI is InChI=1S/C10H23O2Si/c1-5-9-13(10-6-2,11-7-3)12-8-4/h1,5-10H2,2-4H3. The minimum atomic E-state index is -1.86. The summed E-state index contributed by atoms with van der Waals surface area (Å²) in [5, 5.41) is 0. The molecule has 2 nitrogen and oxygen atoms in total. The molecular formula is C10H23O2Si. The Morgan fingerprint density at radius 3 is 1.85 bits per heavy atom. The lowest BCUT2D eigenvalue weighted by Crippen LogP contribution is -2.41. The molecule has 0 spiro atoms. The predicted molar refractivity (Wildman–Crippen MR) is 58.9 cm³/mol. The highest BCUT2D eigenvalue weighted by atomic mass is 28.4. The summed E-state index contributed by atoms with van der Waals surface area (Å²) in [6.07, 6.45) is 2.07. The van der Waals surface area contributed by atoms with Gasteiger partial charge < -0.3 is 8.85 Å². The fourth-order valence-electron chi connectivity index (χ4n) is 1.63. The maximum absolute atomic E-state index is 5.83. The molecule has 0 aromatic heterocycles. The second kappa shape index (κ2) is 7.53. The van der Waals surface area contributed by atoms with Crippen molar-refractivity contribution < 1.29 is 8.85 Å². The highest BCUT2D eigenvalue weighted by Crippen LogP contribution is 2.22. The summed E-state index contributed by atoms with van der Waals surface area (Å²) in [5.41, 5.74) is 0. The van der Waals surface area contributed by atoms with Crippen molar-refractivity contribution in [1.82, 2.24) is 0 Å². The lowest BCUT2D eigenvalue weighted by molar-refractivity contribution is 0.182. The number of hydrogen-bond donors (Lipinski definition) is 0. The molecule has 0 N–H and O–H groups in total. The van der Waals surface area contributed by atoms with E-state index < -0.39 is 8.56 Å². The maximum atomic E-state index is 5.83. The third kappa shape index (κ3) is 4.79. The lowest BCUT2D eigenvalue weighted by Gasteiger charge is -2.29. The molecule has 0 aliphatic rings. The van der Waals surface area contributed by atoms with Crippen molar-refractivity contribution in [2.45, 2.75) is 45.7 Å². The van der Waals surface area contributed by atoms with Gasteiger partial charge in [-0.2, -0.15) is 0 Å². The first-order chi connectivity index (χ1) is 6.24. The monoisotopic (exact) mass is 203 g/mol. The van der Waals surface area contributed by atoms with Crippen LogP contribution in [0.3, 0.4) is 0 Å². The molecule has 0 atom stereocenters. The van der Waals surface area contributed by atoms with E-state index in [2.05, 4.69) is 13.8 Å². The summed E-state index contributed by atoms with van der Waals surface area (Å²) >= 11 is 0. The van der Waals surface area contributed by atoms with Gasteiger partial charge in [0, 0.05) is 13.2 Å². The molecular weight excluding hydrogens is 180 g/mol. The molecule has 0 saturated carbocycles. The predicted octanol–water partition coefficient (Wildman–Crippen LogP) is 3.14. The minimum Gasteiger partial charge on any atom is -0.394 e. The van der Waals surface area contributed by atoms with Crippen molar-refractivity contribution in [2.75, 3.05) is 13.2 Å². The first-order valence-corrected chi connectivity index (χ1v) is 7.54. The van der Waals surface area contributed by atoms with Crippen LogP contribution in [0.25, 0.3) is 0 Å². The topological polar surface area (TPSA) is 18.5 Å². The zero-order chi connectivity index (χ0) is 10.2. The van der Waals surface area contributed by atoms with Gasteiger partial charge in [0.25, 0.3) is 0 Å². The maximum Gasteiger partial charge on any atom is 0.338 e. The van der Waals surface area contributed by atoms with Crippen LogP contribution in [0.1, 0.15) is 33.6 Å². The van der Waals surface area contributed by atoms with Gasteiger partial charge in [-0.1, -0.05) is 26.7 Å². The Labute approximate surface area is 83.9 Å². The van der Waals surface area contributed by atoms with E-state index in [4.69, 9.17) is 8.85 Å². The average Bonchev–Trinajstić information content (AvgIpc) is 2.06. The quantitative estimate of drug-likeness (QED) is 0.564. The second-order valence-electron chi connectivity index (χ2n) is 3.13. The summed E-state index contributed by atoms with van der Waals surface area (Å²) in [6, 6.07) is 2.13. The highest BCUT2D eigenvalue weighted by molar-refractivity contribution is 6.67. The molecule has 0 aliphatic heterocycles. The van der Waals surface area contributed by atoms with Gasteiger partial charge in [0.1, 0.15) is 0 Å². The van der Waals surface area contributed by atoms with Crippen molar-refractivity contribution in [3.8, 4) is 0 Å². The minimum absolute atomic E-state index is 0.770. The first kappa shape index (κ1) is 13.1. The van der Waals surface area contributed by atoms with Gasteiger partial charge in [-0.15, -0.1) is 0 Å². The zero-order valence-electron chi connectivity index (χ0n) is 9.27. The van der Waals surface area contributed by atoms with Crippen LogP contribution >= 0.6 is 0 Å². The Morgan fingerprint density at radius 1 is 1.00 bits per heavy atom. The van der Waals surface area contributed by atoms with Crippen LogP contribution < -0.4 is 0 Å². The normalized spacial score (nSPS) is 12.0. The Morgan fingerprint density at radius 2 is 1.54 bits per heavy atom. The summed E-state index contributed by atoms with van der Waals surface area (Å²) in [7, 11) is -1.86. The van der Waals surface area contributed by atoms with Crippen LogP contribution in [-0.4, -0.2) is 21.8 Å². The summed E-state index contributed by atoms with van der Waals surface area (Å²) in [4.78, 5) is 0. The fraction of sp³-hybridized carbons (Fsp3) is 0.900. The van der Waals surface area contributed by atoms with Crippen molar-refractivity contribution in [3.63, 3.8) is 0 Å². The lowest BCUT2D eigenvalue weighted by atomic mass is 10.6. The van der Waals surface area contributed by atoms with E-state index in [1.807, 2.05) is 13.8 Å². The number of rotatable bonds is 8. The molecule has 0 aliphatic carbocycles. The third-order valence-electron chi connectivity index (χ3n) is 2.00. The summed E-state index contributed by atoms with van der Waals surface area (Å²) in [6.45, 7) is 11.7. The van der Waals surface area contributed by atoms with Gasteiger partial charge >= 0.3 is 8.56 Å². The molecule has 0 aromatic rings. The molecule has 0 unspecified atom stereocenters. The molecule has 0 fully saturated rings. The Hall–Kier alpha value is 0.137. The van der Waals surface area contributed by atoms with E-state index in [9.17, 15) is 0 Å². The molecule has 1 radical (unpaired) electrons. The Bertz CT molecular complexity index is 88.0. The first-order valence-electron chi connectivity index (χ1n) is 5.31. The zero-order valence-corrected chi connectivity index (χ0v) is 10.3. The molecule has 0 saturated heterocycles. The van der Waals surface area contributed by atoms with Crippen molar-refractivity contribution >= 4 is 8.56 Å². The largest absolute Gasteiger partial charge is 0.394 e. The van der Waals surface area contributed by atoms with Gasteiger partial charge in [0.2, 0.25) is 0 Å². The molecule has 0 bridgehead atoms. The van der Waals surface area contributed by atoms with Crippen molar-refractivity contribution in [3.05, 3.63) is 6.92 Å². The third-order valence-corrected chi connectivity index (χ3v) is 6.01. The van der Waals surface area contributed by atoms with Crippen LogP contribution in [0.15, 0.2) is 0 Å². The van der Waals surface area contributed by atoms with E-state index >= 15 is 0 Å². The van der Waals surface area contributed by atoms with Crippen LogP contribution in [0.5, 0.6) is 0 Å². The van der Waals surface area contributed by atoms with Gasteiger partial charge in [-0.25, -0.2) is 0 Å². The van der Waals surface area contributed by atoms with Gasteiger partial charge in [0.15, 0.2) is 0 Å². The van der Waals surface area contributed by atoms with Gasteiger partial charge in [-0.05, 0) is 25.9 Å². The molecule has 79 valence electrons. The second-order valence-corrected chi connectivity index (χ2v) is 6.53. The molecule has 0 amide bonds. The smallest absolute Gasteiger partial charge is 0.338 e. The van der Waals surface area contributed by atoms with E-state index in [0.717, 1.165) is 38.1 Å². The van der Waals surface area contributed by atoms with Gasteiger partial charge in [0.05, 0.1) is 0 Å². The fourth-order valence-corrected chi connectivity index (χ4v) is 4.90. The van der Waals surface area contributed by atoms with E-state index in [0.29, 0.717) is 0 Å². The number of hydrogen-bond acceptors (Lipinski definition) is 2. The Balaban J connectivity index is 4.19. The molecule has 3 heteroatoms. The van der Waals surface area contributed by atoms with Crippen LogP contribution in [0.2, 0.25) is 12.1 Å². The van der Waals surface area contributed by atoms with E-state index in [1.165, 1.54) is 0 Å². The van der Waals surface area contributed by atoms with Crippen molar-refractivity contribution in [2.24, 2.45) is 0 Å². The molecule has 0 aromatic carbocycles. The molecule has 0 heterocycles. The molecule has 0 rings (SSSR count). The van der Waals surface area contributed by atoms with Gasteiger partial charge in [-0.3, -0.25) is 0 Å². The average molecular weight is 203 g/mol. The van der Waals surface area contributed by atoms with E-state index in [1.54, 1.807) is 0 Å². The summed E-state index contributed by atoms with van der Waals surface area (Å²) < 4.78 is 11.7. The summed E-state index contributed by atoms with van der Waals surface area (Å²) in [5.74, 6) is 0. The SMILES string of the molecule is [CH2]CC[Si](CCC)(OCC)OCC. The van der Waals surface area contributed by atoms with E-state index in [-0.39, 0.29) is 0 Å². The van der Waals surface area contributed by atoms with Crippen molar-refractivity contribution in [1.29, 1.82) is 0 Å². The molecule has 13 heavy (non-hydrogen) atoms.